The summed E-state index contributed by atoms with van der Waals surface area (Å²) in [7, 11) is 1.26. The molecule has 0 aliphatic rings. The lowest BCUT2D eigenvalue weighted by Crippen LogP contribution is -2.20. The zero-order valence-corrected chi connectivity index (χ0v) is 8.44. The van der Waals surface area contributed by atoms with Crippen LogP contribution in [0, 0.1) is 0 Å². The van der Waals surface area contributed by atoms with E-state index in [2.05, 4.69) is 4.74 Å². The van der Waals surface area contributed by atoms with E-state index < -0.39 is 17.5 Å². The van der Waals surface area contributed by atoms with Crippen LogP contribution >= 0.6 is 0 Å². The summed E-state index contributed by atoms with van der Waals surface area (Å²) >= 11 is 0. The molecule has 0 aliphatic carbocycles. The van der Waals surface area contributed by atoms with Crippen molar-refractivity contribution in [2.24, 2.45) is 0 Å². The first kappa shape index (κ1) is 12.5. The van der Waals surface area contributed by atoms with Crippen molar-refractivity contribution in [3.05, 3.63) is 11.8 Å². The lowest BCUT2D eigenvalue weighted by Gasteiger charge is -2.10. The van der Waals surface area contributed by atoms with E-state index in [0.29, 0.717) is 6.42 Å². The minimum absolute atomic E-state index is 0.304. The highest BCUT2D eigenvalue weighted by atomic mass is 16.5. The van der Waals surface area contributed by atoms with Gasteiger partial charge in [-0.25, -0.2) is 9.59 Å². The number of hydrogen-bond donors (Lipinski definition) is 1. The number of carbonyl (C=O) groups is 2. The van der Waals surface area contributed by atoms with Gasteiger partial charge in [0.2, 0.25) is 0 Å². The van der Waals surface area contributed by atoms with Gasteiger partial charge in [-0.15, -0.1) is 0 Å². The summed E-state index contributed by atoms with van der Waals surface area (Å²) < 4.78 is 9.27. The molecule has 1 N–H and O–H groups in total. The maximum Gasteiger partial charge on any atom is 0.349 e. The fourth-order valence-electron chi connectivity index (χ4n) is 0.633. The average molecular weight is 202 g/mol. The highest BCUT2D eigenvalue weighted by Gasteiger charge is 2.21. The first-order valence-corrected chi connectivity index (χ1v) is 4.20. The van der Waals surface area contributed by atoms with Gasteiger partial charge in [0.25, 0.3) is 0 Å². The number of hydrogen-bond acceptors (Lipinski definition) is 4. The smallest absolute Gasteiger partial charge is 0.349 e. The Bertz CT molecular complexity index is 244. The van der Waals surface area contributed by atoms with Crippen LogP contribution in [0.15, 0.2) is 11.8 Å². The van der Waals surface area contributed by atoms with E-state index in [1.54, 1.807) is 6.92 Å². The summed E-state index contributed by atoms with van der Waals surface area (Å²) in [6.07, 6.45) is 1.18. The van der Waals surface area contributed by atoms with E-state index in [-0.39, 0.29) is 6.10 Å². The second-order valence-electron chi connectivity index (χ2n) is 2.70. The predicted octanol–water partition coefficient (Wildman–Crippen LogP) is 0.943. The Morgan fingerprint density at radius 2 is 2.07 bits per heavy atom. The molecule has 0 amide bonds. The zero-order valence-electron chi connectivity index (χ0n) is 8.44. The Balaban J connectivity index is 4.46. The maximum atomic E-state index is 11.2. The van der Waals surface area contributed by atoms with Gasteiger partial charge in [0.1, 0.15) is 6.26 Å². The number of carboxylic acid groups (broad SMARTS) is 1. The summed E-state index contributed by atoms with van der Waals surface area (Å²) in [5, 5.41) is 8.61. The number of ether oxygens (including phenoxy) is 2. The molecule has 0 aliphatic heterocycles. The van der Waals surface area contributed by atoms with Crippen molar-refractivity contribution in [1.82, 2.24) is 0 Å². The van der Waals surface area contributed by atoms with Crippen molar-refractivity contribution in [3.63, 3.8) is 0 Å². The van der Waals surface area contributed by atoms with E-state index in [4.69, 9.17) is 9.84 Å². The largest absolute Gasteiger partial charge is 0.503 e. The third-order valence-electron chi connectivity index (χ3n) is 1.57. The van der Waals surface area contributed by atoms with E-state index in [1.165, 1.54) is 7.11 Å². The van der Waals surface area contributed by atoms with Gasteiger partial charge in [0, 0.05) is 0 Å². The maximum absolute atomic E-state index is 11.2. The van der Waals surface area contributed by atoms with Crippen LogP contribution in [0.1, 0.15) is 20.3 Å². The highest BCUT2D eigenvalue weighted by Crippen LogP contribution is 2.04. The topological polar surface area (TPSA) is 72.8 Å². The van der Waals surface area contributed by atoms with Crippen LogP contribution in [0.5, 0.6) is 0 Å². The van der Waals surface area contributed by atoms with Crippen LogP contribution in [0.25, 0.3) is 0 Å². The zero-order chi connectivity index (χ0) is 11.1. The second-order valence-corrected chi connectivity index (χ2v) is 2.70. The first-order chi connectivity index (χ1) is 6.52. The van der Waals surface area contributed by atoms with Crippen molar-refractivity contribution in [1.29, 1.82) is 0 Å². The number of carboxylic acids is 1. The third kappa shape index (κ3) is 3.93. The molecule has 5 nitrogen and oxygen atoms in total. The number of methoxy groups -OCH3 is 1. The van der Waals surface area contributed by atoms with Gasteiger partial charge in [0.15, 0.2) is 5.57 Å². The molecule has 0 spiro atoms. The molecule has 80 valence electrons. The van der Waals surface area contributed by atoms with Crippen LogP contribution < -0.4 is 0 Å². The van der Waals surface area contributed by atoms with Crippen molar-refractivity contribution in [3.8, 4) is 0 Å². The van der Waals surface area contributed by atoms with Gasteiger partial charge in [-0.2, -0.15) is 0 Å². The molecular weight excluding hydrogens is 188 g/mol. The number of aliphatic carboxylic acids is 1. The number of carbonyl (C=O) groups excluding carboxylic acids is 1. The molecule has 0 fully saturated rings. The van der Waals surface area contributed by atoms with Crippen LogP contribution in [-0.4, -0.2) is 30.3 Å². The molecule has 14 heavy (non-hydrogen) atoms. The van der Waals surface area contributed by atoms with Gasteiger partial charge in [-0.1, -0.05) is 6.92 Å². The average Bonchev–Trinajstić information content (AvgIpc) is 2.13. The van der Waals surface area contributed by atoms with E-state index in [0.717, 1.165) is 6.26 Å². The molecule has 0 rings (SSSR count). The van der Waals surface area contributed by atoms with Crippen LogP contribution in [-0.2, 0) is 19.1 Å². The van der Waals surface area contributed by atoms with Gasteiger partial charge in [-0.05, 0) is 13.3 Å². The summed E-state index contributed by atoms with van der Waals surface area (Å²) in [6, 6.07) is 0. The van der Waals surface area contributed by atoms with Crippen molar-refractivity contribution < 1.29 is 24.2 Å². The quantitative estimate of drug-likeness (QED) is 0.236. The molecule has 0 radical (unpaired) electrons. The molecule has 1 unspecified atom stereocenters. The normalized spacial score (nSPS) is 13.2. The minimum Gasteiger partial charge on any atom is -0.503 e. The molecule has 0 saturated heterocycles. The Labute approximate surface area is 82.3 Å². The summed E-state index contributed by atoms with van der Waals surface area (Å²) in [4.78, 5) is 21.7. The highest BCUT2D eigenvalue weighted by molar-refractivity contribution is 6.13. The Kier molecular flexibility index (Phi) is 5.36. The molecule has 0 bridgehead atoms. The SMILES string of the molecule is CCC(C)OC(=O)C(=COC)C(=O)O. The van der Waals surface area contributed by atoms with E-state index in [9.17, 15) is 9.59 Å². The fraction of sp³-hybridized carbons (Fsp3) is 0.556. The predicted molar refractivity (Wildman–Crippen MR) is 48.6 cm³/mol. The summed E-state index contributed by atoms with van der Waals surface area (Å²) in [6.45, 7) is 3.52. The Hall–Kier alpha value is -1.52. The second kappa shape index (κ2) is 6.01. The van der Waals surface area contributed by atoms with Crippen LogP contribution in [0.3, 0.4) is 0 Å². The van der Waals surface area contributed by atoms with Crippen LogP contribution in [0.2, 0.25) is 0 Å². The molecule has 0 aromatic heterocycles. The fourth-order valence-corrected chi connectivity index (χ4v) is 0.633. The molecule has 0 aromatic carbocycles. The monoisotopic (exact) mass is 202 g/mol. The van der Waals surface area contributed by atoms with Gasteiger partial charge < -0.3 is 14.6 Å². The van der Waals surface area contributed by atoms with Crippen LogP contribution in [0.4, 0.5) is 0 Å². The summed E-state index contributed by atoms with van der Waals surface area (Å²) in [5.41, 5.74) is -0.507. The van der Waals surface area contributed by atoms with Crippen molar-refractivity contribution in [2.45, 2.75) is 26.4 Å². The number of rotatable bonds is 5. The van der Waals surface area contributed by atoms with E-state index in [1.807, 2.05) is 6.92 Å². The minimum atomic E-state index is -1.36. The lowest BCUT2D eigenvalue weighted by atomic mass is 10.3. The lowest BCUT2D eigenvalue weighted by molar-refractivity contribution is -0.147. The number of esters is 1. The first-order valence-electron chi connectivity index (χ1n) is 4.20. The van der Waals surface area contributed by atoms with Gasteiger partial charge in [0.05, 0.1) is 13.2 Å². The molecule has 0 heterocycles. The van der Waals surface area contributed by atoms with Gasteiger partial charge in [-0.3, -0.25) is 0 Å². The molecule has 1 atom stereocenters. The van der Waals surface area contributed by atoms with Crippen molar-refractivity contribution >= 4 is 11.9 Å². The molecule has 0 aromatic rings. The molecule has 5 heteroatoms. The summed E-state index contributed by atoms with van der Waals surface area (Å²) in [5.74, 6) is -2.24. The Morgan fingerprint density at radius 3 is 2.43 bits per heavy atom. The van der Waals surface area contributed by atoms with E-state index >= 15 is 0 Å². The molecular formula is C9H14O5. The van der Waals surface area contributed by atoms with Crippen molar-refractivity contribution in [2.75, 3.05) is 7.11 Å². The third-order valence-corrected chi connectivity index (χ3v) is 1.57. The van der Waals surface area contributed by atoms with Gasteiger partial charge >= 0.3 is 11.9 Å². The standard InChI is InChI=1S/C9H14O5/c1-4-6(2)14-9(12)7(5-13-3)8(10)11/h5-6H,4H2,1-3H3,(H,10,11). The molecule has 0 saturated carbocycles. The Morgan fingerprint density at radius 1 is 1.50 bits per heavy atom.